The zero-order valence-corrected chi connectivity index (χ0v) is 14.0. The van der Waals surface area contributed by atoms with E-state index in [9.17, 15) is 9.18 Å². The monoisotopic (exact) mass is 356 g/mol. The van der Waals surface area contributed by atoms with Crippen LogP contribution < -0.4 is 10.6 Å². The lowest BCUT2D eigenvalue weighted by atomic mass is 10.2. The van der Waals surface area contributed by atoms with Gasteiger partial charge in [-0.1, -0.05) is 17.7 Å². The van der Waals surface area contributed by atoms with Gasteiger partial charge in [0.25, 0.3) is 5.91 Å². The third-order valence-electron chi connectivity index (χ3n) is 3.43. The van der Waals surface area contributed by atoms with E-state index >= 15 is 0 Å². The first-order chi connectivity index (χ1) is 12.0. The van der Waals surface area contributed by atoms with E-state index < -0.39 is 11.7 Å². The van der Waals surface area contributed by atoms with Crippen LogP contribution in [0.15, 0.2) is 54.9 Å². The summed E-state index contributed by atoms with van der Waals surface area (Å²) >= 11 is 5.94. The molecular weight excluding hydrogens is 343 g/mol. The molecule has 7 heteroatoms. The van der Waals surface area contributed by atoms with E-state index in [4.69, 9.17) is 11.6 Å². The summed E-state index contributed by atoms with van der Waals surface area (Å²) in [6, 6.07) is 12.6. The van der Waals surface area contributed by atoms with Crippen molar-refractivity contribution in [2.45, 2.75) is 6.92 Å². The van der Waals surface area contributed by atoms with Crippen LogP contribution in [0.4, 0.5) is 21.6 Å². The molecular formula is C18H14ClFN4O. The van der Waals surface area contributed by atoms with Crippen molar-refractivity contribution in [1.29, 1.82) is 0 Å². The highest BCUT2D eigenvalue weighted by Crippen LogP contribution is 2.22. The Kier molecular flexibility index (Phi) is 4.90. The van der Waals surface area contributed by atoms with Crippen molar-refractivity contribution in [3.63, 3.8) is 0 Å². The largest absolute Gasteiger partial charge is 0.340 e. The van der Waals surface area contributed by atoms with E-state index in [1.54, 1.807) is 12.1 Å². The second-order valence-electron chi connectivity index (χ2n) is 5.34. The molecule has 0 bridgehead atoms. The van der Waals surface area contributed by atoms with Gasteiger partial charge in [0.2, 0.25) is 0 Å². The molecule has 1 heterocycles. The van der Waals surface area contributed by atoms with Crippen molar-refractivity contribution in [3.05, 3.63) is 77.0 Å². The number of hydrogen-bond acceptors (Lipinski definition) is 4. The highest BCUT2D eigenvalue weighted by atomic mass is 35.5. The van der Waals surface area contributed by atoms with Gasteiger partial charge in [-0.05, 0) is 48.9 Å². The lowest BCUT2D eigenvalue weighted by Crippen LogP contribution is -2.14. The smallest absolute Gasteiger partial charge is 0.274 e. The van der Waals surface area contributed by atoms with Gasteiger partial charge in [0, 0.05) is 22.5 Å². The summed E-state index contributed by atoms with van der Waals surface area (Å²) in [6.07, 6.45) is 1.29. The quantitative estimate of drug-likeness (QED) is 0.718. The van der Waals surface area contributed by atoms with Crippen LogP contribution in [-0.4, -0.2) is 15.9 Å². The van der Waals surface area contributed by atoms with Gasteiger partial charge < -0.3 is 10.6 Å². The minimum atomic E-state index is -0.455. The predicted molar refractivity (Wildman–Crippen MR) is 95.9 cm³/mol. The number of aryl methyl sites for hydroxylation is 1. The molecule has 2 aromatic carbocycles. The molecule has 0 radical (unpaired) electrons. The number of anilines is 3. The molecule has 0 spiro atoms. The summed E-state index contributed by atoms with van der Waals surface area (Å²) < 4.78 is 13.2. The van der Waals surface area contributed by atoms with Crippen molar-refractivity contribution in [2.75, 3.05) is 10.6 Å². The van der Waals surface area contributed by atoms with Crippen molar-refractivity contribution >= 4 is 34.7 Å². The number of nitrogens with zero attached hydrogens (tertiary/aromatic N) is 2. The van der Waals surface area contributed by atoms with Crippen LogP contribution in [0.3, 0.4) is 0 Å². The van der Waals surface area contributed by atoms with Gasteiger partial charge in [0.1, 0.15) is 23.7 Å². The van der Waals surface area contributed by atoms with Gasteiger partial charge in [-0.15, -0.1) is 0 Å². The van der Waals surface area contributed by atoms with Crippen LogP contribution in [0, 0.1) is 12.7 Å². The molecule has 5 nitrogen and oxygen atoms in total. The second kappa shape index (κ2) is 7.27. The van der Waals surface area contributed by atoms with E-state index in [1.165, 1.54) is 30.6 Å². The maximum absolute atomic E-state index is 13.2. The van der Waals surface area contributed by atoms with Crippen LogP contribution in [0.1, 0.15) is 16.1 Å². The number of carbonyl (C=O) groups excluding carboxylic acids is 1. The third-order valence-corrected chi connectivity index (χ3v) is 3.67. The number of carbonyl (C=O) groups is 1. The van der Waals surface area contributed by atoms with E-state index in [0.717, 1.165) is 11.3 Å². The zero-order chi connectivity index (χ0) is 17.8. The molecule has 25 heavy (non-hydrogen) atoms. The first-order valence-electron chi connectivity index (χ1n) is 7.43. The van der Waals surface area contributed by atoms with Gasteiger partial charge >= 0.3 is 0 Å². The van der Waals surface area contributed by atoms with Crippen molar-refractivity contribution in [3.8, 4) is 0 Å². The molecule has 0 saturated heterocycles. The summed E-state index contributed by atoms with van der Waals surface area (Å²) in [7, 11) is 0. The zero-order valence-electron chi connectivity index (χ0n) is 13.3. The van der Waals surface area contributed by atoms with Crippen LogP contribution in [0.2, 0.25) is 5.02 Å². The fraction of sp³-hybridized carbons (Fsp3) is 0.0556. The minimum absolute atomic E-state index is 0.161. The lowest BCUT2D eigenvalue weighted by molar-refractivity contribution is 0.102. The van der Waals surface area contributed by atoms with Gasteiger partial charge in [-0.3, -0.25) is 4.79 Å². The Bertz CT molecular complexity index is 932. The fourth-order valence-corrected chi connectivity index (χ4v) is 2.44. The van der Waals surface area contributed by atoms with E-state index in [-0.39, 0.29) is 5.69 Å². The molecule has 2 N–H and O–H groups in total. The number of benzene rings is 2. The van der Waals surface area contributed by atoms with Crippen LogP contribution in [-0.2, 0) is 0 Å². The van der Waals surface area contributed by atoms with Crippen LogP contribution in [0.5, 0.6) is 0 Å². The average molecular weight is 357 g/mol. The molecule has 0 unspecified atom stereocenters. The minimum Gasteiger partial charge on any atom is -0.340 e. The number of rotatable bonds is 4. The molecule has 0 aliphatic heterocycles. The molecule has 0 aliphatic rings. The van der Waals surface area contributed by atoms with Gasteiger partial charge in [0.15, 0.2) is 0 Å². The molecule has 0 fully saturated rings. The summed E-state index contributed by atoms with van der Waals surface area (Å²) in [6.45, 7) is 1.91. The van der Waals surface area contributed by atoms with Crippen molar-refractivity contribution < 1.29 is 9.18 Å². The summed E-state index contributed by atoms with van der Waals surface area (Å²) in [5.74, 6) is -0.422. The normalized spacial score (nSPS) is 10.4. The Morgan fingerprint density at radius 1 is 1.12 bits per heavy atom. The maximum Gasteiger partial charge on any atom is 0.274 e. The number of halogens is 2. The van der Waals surface area contributed by atoms with E-state index in [0.29, 0.717) is 16.5 Å². The highest BCUT2D eigenvalue weighted by molar-refractivity contribution is 6.30. The van der Waals surface area contributed by atoms with E-state index in [1.807, 2.05) is 19.1 Å². The van der Waals surface area contributed by atoms with Crippen LogP contribution >= 0.6 is 11.6 Å². The molecule has 3 rings (SSSR count). The molecule has 0 aliphatic carbocycles. The molecule has 3 aromatic rings. The molecule has 0 atom stereocenters. The van der Waals surface area contributed by atoms with Crippen molar-refractivity contribution in [1.82, 2.24) is 9.97 Å². The van der Waals surface area contributed by atoms with Gasteiger partial charge in [-0.25, -0.2) is 14.4 Å². The van der Waals surface area contributed by atoms with E-state index in [2.05, 4.69) is 20.6 Å². The number of hydrogen-bond donors (Lipinski definition) is 2. The van der Waals surface area contributed by atoms with Gasteiger partial charge in [-0.2, -0.15) is 0 Å². The molecule has 0 saturated carbocycles. The molecule has 1 aromatic heterocycles. The third kappa shape index (κ3) is 4.30. The highest BCUT2D eigenvalue weighted by Gasteiger charge is 2.10. The SMILES string of the molecule is Cc1cc(Cl)ccc1Nc1cc(C(=O)Nc2cccc(F)c2)ncn1. The first-order valence-corrected chi connectivity index (χ1v) is 7.81. The fourth-order valence-electron chi connectivity index (χ4n) is 2.22. The Labute approximate surface area is 148 Å². The maximum atomic E-state index is 13.2. The summed E-state index contributed by atoms with van der Waals surface area (Å²) in [5.41, 5.74) is 2.27. The Hall–Kier alpha value is -2.99. The number of nitrogens with one attached hydrogen (secondary N) is 2. The average Bonchev–Trinajstić information content (AvgIpc) is 2.58. The second-order valence-corrected chi connectivity index (χ2v) is 5.77. The first kappa shape index (κ1) is 16.9. The lowest BCUT2D eigenvalue weighted by Gasteiger charge is -2.10. The topological polar surface area (TPSA) is 66.9 Å². The summed E-state index contributed by atoms with van der Waals surface area (Å²) in [5, 5.41) is 6.35. The summed E-state index contributed by atoms with van der Waals surface area (Å²) in [4.78, 5) is 20.3. The molecule has 126 valence electrons. The molecule has 1 amide bonds. The van der Waals surface area contributed by atoms with Gasteiger partial charge in [0.05, 0.1) is 0 Å². The predicted octanol–water partition coefficient (Wildman–Crippen LogP) is 4.57. The number of amides is 1. The number of aromatic nitrogens is 2. The van der Waals surface area contributed by atoms with Crippen molar-refractivity contribution in [2.24, 2.45) is 0 Å². The Morgan fingerprint density at radius 2 is 1.96 bits per heavy atom. The Balaban J connectivity index is 1.77. The standard InChI is InChI=1S/C18H14ClFN4O/c1-11-7-12(19)5-6-15(11)24-17-9-16(21-10-22-17)18(25)23-14-4-2-3-13(20)8-14/h2-10H,1H3,(H,23,25)(H,21,22,24). The Morgan fingerprint density at radius 3 is 2.72 bits per heavy atom. The van der Waals surface area contributed by atoms with Crippen LogP contribution in [0.25, 0.3) is 0 Å².